The van der Waals surface area contributed by atoms with E-state index >= 15 is 0 Å². The molecule has 0 aliphatic heterocycles. The zero-order valence-electron chi connectivity index (χ0n) is 10.4. The minimum atomic E-state index is 0.0894. The van der Waals surface area contributed by atoms with E-state index in [9.17, 15) is 4.79 Å². The van der Waals surface area contributed by atoms with E-state index in [0.717, 1.165) is 29.1 Å². The molecule has 2 rings (SSSR count). The normalized spacial score (nSPS) is 10.8. The summed E-state index contributed by atoms with van der Waals surface area (Å²) >= 11 is 1.50. The topological polar surface area (TPSA) is 34.9 Å². The van der Waals surface area contributed by atoms with Crippen molar-refractivity contribution in [1.82, 2.24) is 9.78 Å². The predicted octanol–water partition coefficient (Wildman–Crippen LogP) is 3.07. The first-order chi connectivity index (χ1) is 8.17. The highest BCUT2D eigenvalue weighted by Crippen LogP contribution is 2.20. The van der Waals surface area contributed by atoms with Crippen LogP contribution in [-0.4, -0.2) is 15.6 Å². The van der Waals surface area contributed by atoms with Gasteiger partial charge in [0.25, 0.3) is 0 Å². The molecule has 90 valence electrons. The Hall–Kier alpha value is -1.42. The molecule has 2 aromatic rings. The molecule has 0 bridgehead atoms. The van der Waals surface area contributed by atoms with Crippen LogP contribution in [0.2, 0.25) is 0 Å². The molecule has 0 spiro atoms. The third-order valence-electron chi connectivity index (χ3n) is 2.79. The molecule has 2 heterocycles. The van der Waals surface area contributed by atoms with Gasteiger partial charge in [-0.2, -0.15) is 5.10 Å². The van der Waals surface area contributed by atoms with E-state index in [1.807, 2.05) is 38.3 Å². The first kappa shape index (κ1) is 12.0. The summed E-state index contributed by atoms with van der Waals surface area (Å²) in [4.78, 5) is 13.2. The van der Waals surface area contributed by atoms with Crippen LogP contribution in [0.25, 0.3) is 0 Å². The predicted molar refractivity (Wildman–Crippen MR) is 69.8 cm³/mol. The van der Waals surface area contributed by atoms with E-state index in [1.54, 1.807) is 4.68 Å². The summed E-state index contributed by atoms with van der Waals surface area (Å²) in [7, 11) is 0. The van der Waals surface area contributed by atoms with E-state index < -0.39 is 0 Å². The van der Waals surface area contributed by atoms with Crippen LogP contribution >= 0.6 is 11.3 Å². The molecule has 0 amide bonds. The first-order valence-electron chi connectivity index (χ1n) is 5.82. The van der Waals surface area contributed by atoms with Gasteiger partial charge in [-0.1, -0.05) is 6.92 Å². The van der Waals surface area contributed by atoms with Crippen LogP contribution in [0.1, 0.15) is 40.5 Å². The van der Waals surface area contributed by atoms with Gasteiger partial charge in [-0.25, -0.2) is 0 Å². The summed E-state index contributed by atoms with van der Waals surface area (Å²) in [5.74, 6) is 0.0894. The molecule has 0 saturated carbocycles. The number of nitrogens with zero attached hydrogens (tertiary/aromatic N) is 2. The SMILES string of the molecule is CCc1cc(C(=O)c2sccc2C)n(CC)n1. The zero-order chi connectivity index (χ0) is 12.4. The van der Waals surface area contributed by atoms with Crippen molar-refractivity contribution in [2.24, 2.45) is 0 Å². The van der Waals surface area contributed by atoms with Crippen LogP contribution in [0.4, 0.5) is 0 Å². The molecule has 0 aromatic carbocycles. The van der Waals surface area contributed by atoms with Crippen molar-refractivity contribution in [3.63, 3.8) is 0 Å². The lowest BCUT2D eigenvalue weighted by molar-refractivity contribution is 0.103. The Morgan fingerprint density at radius 3 is 2.76 bits per heavy atom. The molecule has 0 unspecified atom stereocenters. The number of aryl methyl sites for hydroxylation is 3. The van der Waals surface area contributed by atoms with E-state index in [4.69, 9.17) is 0 Å². The molecule has 0 N–H and O–H groups in total. The van der Waals surface area contributed by atoms with Crippen molar-refractivity contribution in [3.05, 3.63) is 39.3 Å². The van der Waals surface area contributed by atoms with Crippen LogP contribution in [0.5, 0.6) is 0 Å². The lowest BCUT2D eigenvalue weighted by atomic mass is 10.1. The monoisotopic (exact) mass is 248 g/mol. The standard InChI is InChI=1S/C13H16N2OS/c1-4-10-8-11(15(5-2)14-10)12(16)13-9(3)6-7-17-13/h6-8H,4-5H2,1-3H3. The molecule has 17 heavy (non-hydrogen) atoms. The average molecular weight is 248 g/mol. The fourth-order valence-electron chi connectivity index (χ4n) is 1.79. The minimum absolute atomic E-state index is 0.0894. The number of ketones is 1. The van der Waals surface area contributed by atoms with Crippen LogP contribution in [-0.2, 0) is 13.0 Å². The Morgan fingerprint density at radius 1 is 1.47 bits per heavy atom. The van der Waals surface area contributed by atoms with Crippen LogP contribution < -0.4 is 0 Å². The Bertz CT molecular complexity index is 539. The molecular formula is C13H16N2OS. The molecule has 4 heteroatoms. The van der Waals surface area contributed by atoms with Gasteiger partial charge in [0.05, 0.1) is 10.6 Å². The number of hydrogen-bond acceptors (Lipinski definition) is 3. The molecule has 2 aromatic heterocycles. The summed E-state index contributed by atoms with van der Waals surface area (Å²) in [6.45, 7) is 6.75. The number of hydrogen-bond donors (Lipinski definition) is 0. The first-order valence-corrected chi connectivity index (χ1v) is 6.70. The smallest absolute Gasteiger partial charge is 0.221 e. The van der Waals surface area contributed by atoms with E-state index in [2.05, 4.69) is 5.10 Å². The second-order valence-corrected chi connectivity index (χ2v) is 4.87. The van der Waals surface area contributed by atoms with Crippen molar-refractivity contribution >= 4 is 17.1 Å². The molecule has 3 nitrogen and oxygen atoms in total. The number of carbonyl (C=O) groups excluding carboxylic acids is 1. The molecule has 0 radical (unpaired) electrons. The van der Waals surface area contributed by atoms with Crippen molar-refractivity contribution < 1.29 is 4.79 Å². The number of thiophene rings is 1. The maximum Gasteiger partial charge on any atom is 0.221 e. The molecule has 0 saturated heterocycles. The Kier molecular flexibility index (Phi) is 3.43. The molecular weight excluding hydrogens is 232 g/mol. The van der Waals surface area contributed by atoms with E-state index in [0.29, 0.717) is 5.69 Å². The van der Waals surface area contributed by atoms with Crippen LogP contribution in [0.15, 0.2) is 17.5 Å². The maximum atomic E-state index is 12.4. The molecule has 0 atom stereocenters. The minimum Gasteiger partial charge on any atom is -0.286 e. The largest absolute Gasteiger partial charge is 0.286 e. The fraction of sp³-hybridized carbons (Fsp3) is 0.385. The van der Waals surface area contributed by atoms with Crippen molar-refractivity contribution in [2.75, 3.05) is 0 Å². The number of aromatic nitrogens is 2. The molecule has 0 aliphatic rings. The van der Waals surface area contributed by atoms with Crippen molar-refractivity contribution in [1.29, 1.82) is 0 Å². The summed E-state index contributed by atoms with van der Waals surface area (Å²) in [6, 6.07) is 3.89. The fourth-order valence-corrected chi connectivity index (χ4v) is 2.66. The average Bonchev–Trinajstić information content (AvgIpc) is 2.93. The van der Waals surface area contributed by atoms with Gasteiger partial charge >= 0.3 is 0 Å². The summed E-state index contributed by atoms with van der Waals surface area (Å²) in [5.41, 5.74) is 2.72. The van der Waals surface area contributed by atoms with Gasteiger partial charge in [0, 0.05) is 6.54 Å². The van der Waals surface area contributed by atoms with Gasteiger partial charge < -0.3 is 0 Å². The van der Waals surface area contributed by atoms with Gasteiger partial charge in [-0.15, -0.1) is 11.3 Å². The van der Waals surface area contributed by atoms with E-state index in [-0.39, 0.29) is 5.78 Å². The van der Waals surface area contributed by atoms with Crippen LogP contribution in [0.3, 0.4) is 0 Å². The lowest BCUT2D eigenvalue weighted by Gasteiger charge is -2.02. The van der Waals surface area contributed by atoms with Gasteiger partial charge in [0.15, 0.2) is 0 Å². The second-order valence-electron chi connectivity index (χ2n) is 3.95. The highest BCUT2D eigenvalue weighted by Gasteiger charge is 2.18. The highest BCUT2D eigenvalue weighted by atomic mass is 32.1. The quantitative estimate of drug-likeness (QED) is 0.779. The maximum absolute atomic E-state index is 12.4. The Balaban J connectivity index is 2.43. The number of rotatable bonds is 4. The van der Waals surface area contributed by atoms with Crippen LogP contribution in [0, 0.1) is 6.92 Å². The molecule has 0 aliphatic carbocycles. The highest BCUT2D eigenvalue weighted by molar-refractivity contribution is 7.12. The van der Waals surface area contributed by atoms with Crippen molar-refractivity contribution in [2.45, 2.75) is 33.7 Å². The molecule has 0 fully saturated rings. The van der Waals surface area contributed by atoms with Gasteiger partial charge in [0.1, 0.15) is 5.69 Å². The Morgan fingerprint density at radius 2 is 2.24 bits per heavy atom. The third-order valence-corrected chi connectivity index (χ3v) is 3.81. The summed E-state index contributed by atoms with van der Waals surface area (Å²) in [6.07, 6.45) is 0.858. The third kappa shape index (κ3) is 2.17. The van der Waals surface area contributed by atoms with Gasteiger partial charge in [-0.3, -0.25) is 9.48 Å². The lowest BCUT2D eigenvalue weighted by Crippen LogP contribution is -2.10. The zero-order valence-corrected chi connectivity index (χ0v) is 11.2. The summed E-state index contributed by atoms with van der Waals surface area (Å²) in [5, 5.41) is 6.36. The van der Waals surface area contributed by atoms with Gasteiger partial charge in [0.2, 0.25) is 5.78 Å². The summed E-state index contributed by atoms with van der Waals surface area (Å²) < 4.78 is 1.79. The Labute approximate surface area is 105 Å². The number of carbonyl (C=O) groups is 1. The second kappa shape index (κ2) is 4.84. The van der Waals surface area contributed by atoms with Crippen molar-refractivity contribution in [3.8, 4) is 0 Å². The van der Waals surface area contributed by atoms with E-state index in [1.165, 1.54) is 11.3 Å². The van der Waals surface area contributed by atoms with Gasteiger partial charge in [-0.05, 0) is 43.3 Å².